The van der Waals surface area contributed by atoms with Gasteiger partial charge in [-0.1, -0.05) is 11.3 Å². The Morgan fingerprint density at radius 2 is 1.96 bits per heavy atom. The van der Waals surface area contributed by atoms with Gasteiger partial charge in [0.2, 0.25) is 5.76 Å². The van der Waals surface area contributed by atoms with Gasteiger partial charge in [0, 0.05) is 19.2 Å². The lowest BCUT2D eigenvalue weighted by molar-refractivity contribution is -0.402. The fraction of sp³-hybridized carbons (Fsp3) is 0.0769. The normalized spacial score (nSPS) is 11.8. The number of carbonyl (C=O) groups is 1. The maximum absolute atomic E-state index is 12.1. The topological polar surface area (TPSA) is 134 Å². The standard InChI is InChI=1S/C13H8N4O6S/c1-15-8-6-7(16(19)20)2-4-10(8)24-13(15)14-12(18)9-3-5-11(23-9)17(21)22/h2-6H,1H3. The van der Waals surface area contributed by atoms with Gasteiger partial charge < -0.3 is 8.98 Å². The number of thiazole rings is 1. The molecule has 0 saturated heterocycles. The summed E-state index contributed by atoms with van der Waals surface area (Å²) in [5, 5.41) is 21.4. The predicted molar refractivity (Wildman–Crippen MR) is 82.7 cm³/mol. The Morgan fingerprint density at radius 3 is 2.58 bits per heavy atom. The monoisotopic (exact) mass is 348 g/mol. The number of benzene rings is 1. The van der Waals surface area contributed by atoms with E-state index < -0.39 is 21.6 Å². The summed E-state index contributed by atoms with van der Waals surface area (Å²) in [5.74, 6) is -1.59. The lowest BCUT2D eigenvalue weighted by Crippen LogP contribution is -2.13. The third-order valence-corrected chi connectivity index (χ3v) is 4.30. The molecule has 1 aromatic carbocycles. The molecule has 0 atom stereocenters. The molecule has 0 bridgehead atoms. The van der Waals surface area contributed by atoms with Gasteiger partial charge in [-0.3, -0.25) is 25.0 Å². The molecule has 2 aromatic heterocycles. The number of non-ortho nitro benzene ring substituents is 1. The highest BCUT2D eigenvalue weighted by atomic mass is 32.1. The summed E-state index contributed by atoms with van der Waals surface area (Å²) in [5.41, 5.74) is 0.474. The average Bonchev–Trinajstić information content (AvgIpc) is 3.13. The molecule has 0 fully saturated rings. The number of nitro benzene ring substituents is 1. The van der Waals surface area contributed by atoms with E-state index in [-0.39, 0.29) is 16.2 Å². The first kappa shape index (κ1) is 15.6. The van der Waals surface area contributed by atoms with Crippen LogP contribution in [0.2, 0.25) is 0 Å². The van der Waals surface area contributed by atoms with E-state index in [9.17, 15) is 25.0 Å². The van der Waals surface area contributed by atoms with Crippen LogP contribution in [0.25, 0.3) is 10.2 Å². The summed E-state index contributed by atoms with van der Waals surface area (Å²) < 4.78 is 7.05. The number of hydrogen-bond acceptors (Lipinski definition) is 7. The van der Waals surface area contributed by atoms with Crippen LogP contribution in [0.5, 0.6) is 0 Å². The van der Waals surface area contributed by atoms with Crippen LogP contribution in [0.15, 0.2) is 39.7 Å². The van der Waals surface area contributed by atoms with E-state index in [1.807, 2.05) is 0 Å². The molecule has 0 aliphatic carbocycles. The summed E-state index contributed by atoms with van der Waals surface area (Å²) in [6.07, 6.45) is 0. The lowest BCUT2D eigenvalue weighted by atomic mass is 10.3. The van der Waals surface area contributed by atoms with Crippen molar-refractivity contribution in [3.8, 4) is 0 Å². The van der Waals surface area contributed by atoms with Crippen LogP contribution < -0.4 is 4.80 Å². The van der Waals surface area contributed by atoms with Gasteiger partial charge in [-0.25, -0.2) is 0 Å². The first-order valence-corrected chi connectivity index (χ1v) is 7.25. The number of amides is 1. The van der Waals surface area contributed by atoms with Gasteiger partial charge in [0.05, 0.1) is 21.2 Å². The van der Waals surface area contributed by atoms with Crippen LogP contribution in [0, 0.1) is 20.2 Å². The zero-order valence-corrected chi connectivity index (χ0v) is 12.8. The van der Waals surface area contributed by atoms with Crippen LogP contribution in [0.4, 0.5) is 11.6 Å². The molecule has 0 N–H and O–H groups in total. The maximum Gasteiger partial charge on any atom is 0.433 e. The Balaban J connectivity index is 2.05. The van der Waals surface area contributed by atoms with Crippen LogP contribution in [0.3, 0.4) is 0 Å². The van der Waals surface area contributed by atoms with Crippen molar-refractivity contribution in [2.75, 3.05) is 0 Å². The molecule has 1 amide bonds. The van der Waals surface area contributed by atoms with Crippen molar-refractivity contribution in [1.82, 2.24) is 4.57 Å². The summed E-state index contributed by atoms with van der Waals surface area (Å²) in [6.45, 7) is 0. The van der Waals surface area contributed by atoms with Crippen molar-refractivity contribution in [1.29, 1.82) is 0 Å². The molecule has 3 aromatic rings. The molecule has 0 unspecified atom stereocenters. The summed E-state index contributed by atoms with van der Waals surface area (Å²) >= 11 is 1.16. The van der Waals surface area contributed by atoms with Crippen molar-refractivity contribution in [2.24, 2.45) is 12.0 Å². The van der Waals surface area contributed by atoms with E-state index >= 15 is 0 Å². The van der Waals surface area contributed by atoms with Crippen molar-refractivity contribution >= 4 is 39.0 Å². The summed E-state index contributed by atoms with van der Waals surface area (Å²) in [4.78, 5) is 36.3. The fourth-order valence-electron chi connectivity index (χ4n) is 2.02. The van der Waals surface area contributed by atoms with Crippen LogP contribution in [0.1, 0.15) is 10.6 Å². The second-order valence-electron chi connectivity index (χ2n) is 4.66. The molecule has 0 aliphatic rings. The predicted octanol–water partition coefficient (Wildman–Crippen LogP) is 2.39. The molecule has 0 saturated carbocycles. The number of furan rings is 1. The highest BCUT2D eigenvalue weighted by molar-refractivity contribution is 7.16. The number of nitrogens with zero attached hydrogens (tertiary/aromatic N) is 4. The van der Waals surface area contributed by atoms with Gasteiger partial charge in [-0.15, -0.1) is 0 Å². The largest absolute Gasteiger partial charge is 0.433 e. The Kier molecular flexibility index (Phi) is 3.69. The molecule has 0 radical (unpaired) electrons. The minimum atomic E-state index is -0.778. The first-order valence-electron chi connectivity index (χ1n) is 6.44. The molecule has 11 heteroatoms. The van der Waals surface area contributed by atoms with Gasteiger partial charge >= 0.3 is 11.8 Å². The van der Waals surface area contributed by atoms with Crippen LogP contribution in [-0.4, -0.2) is 20.3 Å². The van der Waals surface area contributed by atoms with E-state index in [0.29, 0.717) is 10.2 Å². The molecular formula is C13H8N4O6S. The Morgan fingerprint density at radius 1 is 1.21 bits per heavy atom. The number of aromatic nitrogens is 1. The second-order valence-corrected chi connectivity index (χ2v) is 5.67. The molecule has 10 nitrogen and oxygen atoms in total. The van der Waals surface area contributed by atoms with Crippen LogP contribution in [-0.2, 0) is 7.05 Å². The zero-order valence-electron chi connectivity index (χ0n) is 12.0. The third-order valence-electron chi connectivity index (χ3n) is 3.18. The summed E-state index contributed by atoms with van der Waals surface area (Å²) in [7, 11) is 1.61. The Labute approximate surface area is 136 Å². The van der Waals surface area contributed by atoms with E-state index in [2.05, 4.69) is 4.99 Å². The molecule has 0 aliphatic heterocycles. The quantitative estimate of drug-likeness (QED) is 0.527. The van der Waals surface area contributed by atoms with E-state index in [0.717, 1.165) is 17.4 Å². The molecule has 24 heavy (non-hydrogen) atoms. The molecular weight excluding hydrogens is 340 g/mol. The fourth-order valence-corrected chi connectivity index (χ4v) is 3.02. The van der Waals surface area contributed by atoms with Crippen molar-refractivity contribution in [3.05, 3.63) is 61.1 Å². The van der Waals surface area contributed by atoms with Crippen LogP contribution >= 0.6 is 11.3 Å². The number of hydrogen-bond donors (Lipinski definition) is 0. The number of nitro groups is 2. The molecule has 3 rings (SSSR count). The highest BCUT2D eigenvalue weighted by Crippen LogP contribution is 2.22. The van der Waals surface area contributed by atoms with Gasteiger partial charge in [-0.2, -0.15) is 4.99 Å². The van der Waals surface area contributed by atoms with Gasteiger partial charge in [0.25, 0.3) is 5.69 Å². The van der Waals surface area contributed by atoms with Gasteiger partial charge in [0.15, 0.2) is 4.80 Å². The lowest BCUT2D eigenvalue weighted by Gasteiger charge is -1.95. The summed E-state index contributed by atoms with van der Waals surface area (Å²) in [6, 6.07) is 6.55. The Bertz CT molecular complexity index is 1060. The Hall–Kier alpha value is -3.34. The average molecular weight is 348 g/mol. The van der Waals surface area contributed by atoms with Crippen molar-refractivity contribution < 1.29 is 19.1 Å². The van der Waals surface area contributed by atoms with E-state index in [1.165, 1.54) is 22.8 Å². The number of carbonyl (C=O) groups excluding carboxylic acids is 1. The van der Waals surface area contributed by atoms with Gasteiger partial charge in [-0.05, 0) is 12.1 Å². The highest BCUT2D eigenvalue weighted by Gasteiger charge is 2.17. The first-order chi connectivity index (χ1) is 11.4. The molecule has 2 heterocycles. The maximum atomic E-state index is 12.1. The number of aryl methyl sites for hydroxylation is 1. The van der Waals surface area contributed by atoms with E-state index in [4.69, 9.17) is 4.42 Å². The molecule has 122 valence electrons. The van der Waals surface area contributed by atoms with Gasteiger partial charge in [0.1, 0.15) is 4.92 Å². The second kappa shape index (κ2) is 5.70. The van der Waals surface area contributed by atoms with E-state index in [1.54, 1.807) is 13.1 Å². The SMILES string of the molecule is Cn1c(=NC(=O)c2ccc([N+](=O)[O-])o2)sc2ccc([N+](=O)[O-])cc21. The number of rotatable bonds is 3. The zero-order chi connectivity index (χ0) is 17.4. The molecule has 0 spiro atoms. The minimum absolute atomic E-state index is 0.0737. The minimum Gasteiger partial charge on any atom is -0.395 e. The smallest absolute Gasteiger partial charge is 0.395 e. The van der Waals surface area contributed by atoms with Crippen molar-refractivity contribution in [2.45, 2.75) is 0 Å². The third kappa shape index (κ3) is 2.67. The number of fused-ring (bicyclic) bond motifs is 1. The van der Waals surface area contributed by atoms with Crippen molar-refractivity contribution in [3.63, 3.8) is 0 Å².